The minimum Gasteiger partial charge on any atom is -0.342 e. The second-order valence-electron chi connectivity index (χ2n) is 8.33. The number of benzene rings is 1. The number of amides is 2. The van der Waals surface area contributed by atoms with Gasteiger partial charge < -0.3 is 15.5 Å². The van der Waals surface area contributed by atoms with Gasteiger partial charge in [-0.2, -0.15) is 18.2 Å². The van der Waals surface area contributed by atoms with Gasteiger partial charge in [0.25, 0.3) is 5.56 Å². The van der Waals surface area contributed by atoms with Crippen molar-refractivity contribution in [3.63, 3.8) is 0 Å². The maximum absolute atomic E-state index is 13.1. The van der Waals surface area contributed by atoms with Crippen molar-refractivity contribution in [2.75, 3.05) is 28.6 Å². The van der Waals surface area contributed by atoms with Crippen LogP contribution in [0.1, 0.15) is 43.2 Å². The van der Waals surface area contributed by atoms with E-state index in [9.17, 15) is 27.6 Å². The highest BCUT2D eigenvalue weighted by Gasteiger charge is 2.37. The van der Waals surface area contributed by atoms with E-state index in [1.165, 1.54) is 6.07 Å². The number of carbonyl (C=O) groups excluding carboxylic acids is 2. The van der Waals surface area contributed by atoms with Crippen LogP contribution in [0.25, 0.3) is 0 Å². The standard InChI is InChI=1S/C21H21ClF3N5O3/c1-10-3-2-6-30(9-10)20-28-17-16(19(33)29-20)12(8-15(31)27-17)18(32)26-11-4-5-14(22)13(7-11)21(23,24)25/h4-5,7,10,12H,2-3,6,8-9H2,1H3,(H,26,32)(H2,27,28,29,31,33). The first kappa shape index (κ1) is 23.1. The molecule has 0 aliphatic carbocycles. The molecule has 0 radical (unpaired) electrons. The zero-order valence-electron chi connectivity index (χ0n) is 17.6. The number of carbonyl (C=O) groups is 2. The number of halogens is 4. The second-order valence-corrected chi connectivity index (χ2v) is 8.74. The highest BCUT2D eigenvalue weighted by Crippen LogP contribution is 2.37. The fourth-order valence-electron chi connectivity index (χ4n) is 4.16. The van der Waals surface area contributed by atoms with Crippen LogP contribution in [0.15, 0.2) is 23.0 Å². The number of nitrogens with zero attached hydrogens (tertiary/aromatic N) is 2. The van der Waals surface area contributed by atoms with Gasteiger partial charge >= 0.3 is 6.18 Å². The summed E-state index contributed by atoms with van der Waals surface area (Å²) in [6, 6.07) is 2.93. The van der Waals surface area contributed by atoms with E-state index in [-0.39, 0.29) is 23.5 Å². The van der Waals surface area contributed by atoms with Crippen molar-refractivity contribution in [2.45, 2.75) is 38.3 Å². The Morgan fingerprint density at radius 1 is 1.30 bits per heavy atom. The number of nitrogens with one attached hydrogen (secondary N) is 3. The van der Waals surface area contributed by atoms with Crippen molar-refractivity contribution in [2.24, 2.45) is 5.92 Å². The maximum atomic E-state index is 13.1. The normalized spacial score (nSPS) is 20.8. The average molecular weight is 484 g/mol. The lowest BCUT2D eigenvalue weighted by Crippen LogP contribution is -2.40. The number of aromatic nitrogens is 2. The van der Waals surface area contributed by atoms with Crippen LogP contribution in [0.3, 0.4) is 0 Å². The number of hydrogen-bond donors (Lipinski definition) is 3. The third-order valence-electron chi connectivity index (χ3n) is 5.75. The molecule has 0 saturated carbocycles. The van der Waals surface area contributed by atoms with Crippen LogP contribution in [0.2, 0.25) is 5.02 Å². The first-order valence-corrected chi connectivity index (χ1v) is 10.8. The summed E-state index contributed by atoms with van der Waals surface area (Å²) >= 11 is 5.62. The second kappa shape index (κ2) is 8.69. The molecule has 1 fully saturated rings. The Morgan fingerprint density at radius 3 is 2.76 bits per heavy atom. The average Bonchev–Trinajstić information content (AvgIpc) is 2.73. The fraction of sp³-hybridized carbons (Fsp3) is 0.429. The van der Waals surface area contributed by atoms with E-state index in [0.717, 1.165) is 18.9 Å². The molecule has 2 atom stereocenters. The Kier molecular flexibility index (Phi) is 6.08. The molecule has 4 rings (SSSR count). The molecule has 1 aromatic heterocycles. The number of piperidine rings is 1. The summed E-state index contributed by atoms with van der Waals surface area (Å²) in [7, 11) is 0. The molecule has 0 spiro atoms. The lowest BCUT2D eigenvalue weighted by atomic mass is 9.92. The number of rotatable bonds is 3. The van der Waals surface area contributed by atoms with E-state index in [1.807, 2.05) is 4.90 Å². The molecular weight excluding hydrogens is 463 g/mol. The molecule has 1 saturated heterocycles. The number of fused-ring (bicyclic) bond motifs is 1. The molecule has 2 amide bonds. The summed E-state index contributed by atoms with van der Waals surface area (Å²) in [5.74, 6) is -1.84. The highest BCUT2D eigenvalue weighted by molar-refractivity contribution is 6.31. The third-order valence-corrected chi connectivity index (χ3v) is 6.08. The molecule has 3 heterocycles. The predicted octanol–water partition coefficient (Wildman–Crippen LogP) is 3.74. The first-order chi connectivity index (χ1) is 15.5. The molecule has 12 heteroatoms. The third kappa shape index (κ3) is 4.82. The summed E-state index contributed by atoms with van der Waals surface area (Å²) in [5, 5.41) is 4.38. The molecule has 2 unspecified atom stereocenters. The predicted molar refractivity (Wildman–Crippen MR) is 117 cm³/mol. The molecule has 176 valence electrons. The minimum absolute atomic E-state index is 0.0181. The summed E-state index contributed by atoms with van der Waals surface area (Å²) in [4.78, 5) is 47.0. The largest absolute Gasteiger partial charge is 0.417 e. The van der Waals surface area contributed by atoms with Gasteiger partial charge in [0.05, 0.1) is 22.1 Å². The first-order valence-electron chi connectivity index (χ1n) is 10.4. The van der Waals surface area contributed by atoms with E-state index in [0.29, 0.717) is 31.0 Å². The van der Waals surface area contributed by atoms with Crippen molar-refractivity contribution in [1.29, 1.82) is 0 Å². The van der Waals surface area contributed by atoms with Crippen LogP contribution >= 0.6 is 11.6 Å². The van der Waals surface area contributed by atoms with Crippen LogP contribution in [-0.2, 0) is 15.8 Å². The number of hydrogen-bond acceptors (Lipinski definition) is 5. The van der Waals surface area contributed by atoms with Gasteiger partial charge in [0.2, 0.25) is 17.8 Å². The van der Waals surface area contributed by atoms with Gasteiger partial charge in [-0.05, 0) is 37.0 Å². The van der Waals surface area contributed by atoms with Crippen molar-refractivity contribution in [1.82, 2.24) is 9.97 Å². The monoisotopic (exact) mass is 483 g/mol. The summed E-state index contributed by atoms with van der Waals surface area (Å²) in [6.45, 7) is 3.48. The zero-order chi connectivity index (χ0) is 23.9. The van der Waals surface area contributed by atoms with Crippen LogP contribution in [0.4, 0.5) is 30.6 Å². The van der Waals surface area contributed by atoms with Crippen LogP contribution in [0, 0.1) is 5.92 Å². The molecule has 0 bridgehead atoms. The lowest BCUT2D eigenvalue weighted by molar-refractivity contribution is -0.137. The fourth-order valence-corrected chi connectivity index (χ4v) is 4.39. The van der Waals surface area contributed by atoms with Gasteiger partial charge in [0.1, 0.15) is 5.82 Å². The summed E-state index contributed by atoms with van der Waals surface area (Å²) in [5.41, 5.74) is -1.89. The lowest BCUT2D eigenvalue weighted by Gasteiger charge is -2.32. The molecule has 2 aromatic rings. The van der Waals surface area contributed by atoms with Gasteiger partial charge in [-0.3, -0.25) is 19.4 Å². The van der Waals surface area contributed by atoms with Crippen LogP contribution < -0.4 is 21.1 Å². The molecule has 2 aliphatic rings. The van der Waals surface area contributed by atoms with Crippen molar-refractivity contribution in [3.05, 3.63) is 44.7 Å². The smallest absolute Gasteiger partial charge is 0.342 e. The minimum atomic E-state index is -4.71. The quantitative estimate of drug-likeness (QED) is 0.616. The maximum Gasteiger partial charge on any atom is 0.417 e. The zero-order valence-corrected chi connectivity index (χ0v) is 18.3. The number of anilines is 3. The van der Waals surface area contributed by atoms with Gasteiger partial charge in [0, 0.05) is 25.2 Å². The molecule has 2 aliphatic heterocycles. The Labute approximate surface area is 191 Å². The van der Waals surface area contributed by atoms with Gasteiger partial charge in [0.15, 0.2) is 0 Å². The van der Waals surface area contributed by atoms with Crippen molar-refractivity contribution in [3.8, 4) is 0 Å². The van der Waals surface area contributed by atoms with E-state index in [4.69, 9.17) is 11.6 Å². The Morgan fingerprint density at radius 2 is 2.06 bits per heavy atom. The highest BCUT2D eigenvalue weighted by atomic mass is 35.5. The van der Waals surface area contributed by atoms with E-state index in [2.05, 4.69) is 27.5 Å². The molecule has 3 N–H and O–H groups in total. The number of aromatic amines is 1. The number of alkyl halides is 3. The molecular formula is C21H21ClF3N5O3. The SMILES string of the molecule is CC1CCCN(c2nc3c(c(=O)[nH]2)C(C(=O)Nc2ccc(Cl)c(C(F)(F)F)c2)CC(=O)N3)C1. The van der Waals surface area contributed by atoms with Gasteiger partial charge in [-0.1, -0.05) is 18.5 Å². The van der Waals surface area contributed by atoms with E-state index >= 15 is 0 Å². The summed E-state index contributed by atoms with van der Waals surface area (Å²) < 4.78 is 39.4. The molecule has 8 nitrogen and oxygen atoms in total. The van der Waals surface area contributed by atoms with Crippen LogP contribution in [-0.4, -0.2) is 34.9 Å². The molecule has 1 aromatic carbocycles. The Balaban J connectivity index is 1.63. The van der Waals surface area contributed by atoms with Crippen LogP contribution in [0.5, 0.6) is 0 Å². The Hall–Kier alpha value is -3.08. The van der Waals surface area contributed by atoms with Gasteiger partial charge in [-0.15, -0.1) is 0 Å². The number of H-pyrrole nitrogens is 1. The van der Waals surface area contributed by atoms with Crippen molar-refractivity contribution >= 4 is 40.9 Å². The van der Waals surface area contributed by atoms with E-state index in [1.54, 1.807) is 0 Å². The Bertz CT molecular complexity index is 1170. The summed E-state index contributed by atoms with van der Waals surface area (Å²) in [6.07, 6.45) is -3.06. The molecule has 33 heavy (non-hydrogen) atoms. The topological polar surface area (TPSA) is 107 Å². The van der Waals surface area contributed by atoms with Crippen molar-refractivity contribution < 1.29 is 22.8 Å². The van der Waals surface area contributed by atoms with Gasteiger partial charge in [-0.25, -0.2) is 0 Å². The van der Waals surface area contributed by atoms with E-state index < -0.39 is 40.1 Å².